The number of pyridine rings is 2. The number of aryl methyl sites for hydroxylation is 1. The predicted molar refractivity (Wildman–Crippen MR) is 303 cm³/mol. The maximum absolute atomic E-state index is 12.3. The molecule has 9 nitrogen and oxygen atoms in total. The van der Waals surface area contributed by atoms with E-state index >= 15 is 0 Å². The van der Waals surface area contributed by atoms with E-state index < -0.39 is 0 Å². The zero-order valence-corrected chi connectivity index (χ0v) is 46.6. The minimum Gasteiger partial charge on any atom is -0.507 e. The van der Waals surface area contributed by atoms with Gasteiger partial charge >= 0.3 is 0 Å². The lowest BCUT2D eigenvalue weighted by atomic mass is 9.86. The number of benzene rings is 4. The van der Waals surface area contributed by atoms with E-state index in [0.717, 1.165) is 53.3 Å². The molecule has 0 aliphatic heterocycles. The third-order valence-electron chi connectivity index (χ3n) is 11.8. The van der Waals surface area contributed by atoms with Gasteiger partial charge in [-0.3, -0.25) is 9.59 Å². The Hall–Kier alpha value is -6.08. The molecule has 0 saturated carbocycles. The summed E-state index contributed by atoms with van der Waals surface area (Å²) in [7, 11) is 1.74. The third-order valence-corrected chi connectivity index (χ3v) is 14.2. The first-order valence-corrected chi connectivity index (χ1v) is 26.3. The number of hydrogen-bond acceptors (Lipinski definition) is 9. The number of aromatic nitrogens is 4. The largest absolute Gasteiger partial charge is 0.507 e. The fourth-order valence-corrected chi connectivity index (χ4v) is 9.93. The van der Waals surface area contributed by atoms with Gasteiger partial charge in [-0.2, -0.15) is 0 Å². The highest BCUT2D eigenvalue weighted by molar-refractivity contribution is 9.10. The van der Waals surface area contributed by atoms with E-state index in [1.165, 1.54) is 11.1 Å². The molecule has 71 heavy (non-hydrogen) atoms. The second kappa shape index (κ2) is 21.7. The molecule has 0 aliphatic rings. The first kappa shape index (κ1) is 54.3. The van der Waals surface area contributed by atoms with Crippen molar-refractivity contribution in [2.45, 2.75) is 112 Å². The highest BCUT2D eigenvalue weighted by Gasteiger charge is 2.26. The average Bonchev–Trinajstić information content (AvgIpc) is 4.04. The van der Waals surface area contributed by atoms with Crippen LogP contribution in [0.1, 0.15) is 112 Å². The number of ether oxygens (including phenoxy) is 1. The van der Waals surface area contributed by atoms with Crippen LogP contribution in [-0.2, 0) is 28.7 Å². The minimum atomic E-state index is -0.373. The maximum Gasteiger partial charge on any atom is 0.258 e. The number of rotatable bonds is 4. The van der Waals surface area contributed by atoms with Crippen LogP contribution in [0.4, 0.5) is 0 Å². The molecule has 4 aromatic carbocycles. The van der Waals surface area contributed by atoms with Crippen LogP contribution in [0, 0.1) is 0 Å². The molecule has 9 rings (SSSR count). The molecular formula is C59H67BrN4O5S2. The maximum atomic E-state index is 12.3. The number of aromatic hydroxyl groups is 2. The normalized spacial score (nSPS) is 11.9. The van der Waals surface area contributed by atoms with Gasteiger partial charge in [-0.25, -0.2) is 9.97 Å². The zero-order valence-electron chi connectivity index (χ0n) is 43.4. The van der Waals surface area contributed by atoms with Crippen molar-refractivity contribution >= 4 is 71.4 Å². The third kappa shape index (κ3) is 12.7. The van der Waals surface area contributed by atoms with Crippen LogP contribution < -0.4 is 15.9 Å². The van der Waals surface area contributed by atoms with Gasteiger partial charge < -0.3 is 24.5 Å². The molecule has 0 spiro atoms. The Morgan fingerprint density at radius 2 is 1.11 bits per heavy atom. The number of thiophene rings is 2. The monoisotopic (exact) mass is 1050 g/mol. The highest BCUT2D eigenvalue weighted by atomic mass is 79.9. The van der Waals surface area contributed by atoms with Gasteiger partial charge in [0.05, 0.1) is 54.0 Å². The summed E-state index contributed by atoms with van der Waals surface area (Å²) in [5.41, 5.74) is 7.98. The summed E-state index contributed by atoms with van der Waals surface area (Å²) in [4.78, 5) is 39.2. The molecule has 3 N–H and O–H groups in total. The van der Waals surface area contributed by atoms with Crippen molar-refractivity contribution in [2.75, 3.05) is 6.61 Å². The molecule has 12 heteroatoms. The van der Waals surface area contributed by atoms with Crippen LogP contribution in [0.5, 0.6) is 17.2 Å². The fourth-order valence-electron chi connectivity index (χ4n) is 8.01. The molecule has 0 bridgehead atoms. The number of nitrogens with zero attached hydrogens (tertiary/aromatic N) is 3. The quantitative estimate of drug-likeness (QED) is 0.160. The summed E-state index contributed by atoms with van der Waals surface area (Å²) in [6.07, 6.45) is 0. The number of para-hydroxylation sites is 2. The Kier molecular flexibility index (Phi) is 16.6. The second-order valence-corrected chi connectivity index (χ2v) is 24.2. The van der Waals surface area contributed by atoms with Crippen molar-refractivity contribution in [2.24, 2.45) is 7.05 Å². The average molecular weight is 1060 g/mol. The predicted octanol–water partition coefficient (Wildman–Crippen LogP) is 15.6. The molecule has 5 heterocycles. The van der Waals surface area contributed by atoms with E-state index in [1.54, 1.807) is 46.4 Å². The van der Waals surface area contributed by atoms with Crippen LogP contribution in [0.2, 0.25) is 0 Å². The summed E-state index contributed by atoms with van der Waals surface area (Å²) in [6, 6.07) is 35.7. The van der Waals surface area contributed by atoms with Gasteiger partial charge in [0.1, 0.15) is 28.6 Å². The molecule has 0 saturated heterocycles. The van der Waals surface area contributed by atoms with E-state index in [9.17, 15) is 19.8 Å². The number of hydrogen-bond donors (Lipinski definition) is 3. The zero-order chi connectivity index (χ0) is 52.2. The van der Waals surface area contributed by atoms with Crippen molar-refractivity contribution in [3.05, 3.63) is 167 Å². The van der Waals surface area contributed by atoms with Crippen LogP contribution in [0.25, 0.3) is 54.0 Å². The summed E-state index contributed by atoms with van der Waals surface area (Å²) in [6.45, 7) is 27.5. The first-order valence-electron chi connectivity index (χ1n) is 23.7. The standard InChI is InChI=1S/C20H18N2S2.C14H17NO2.C13H15NO2.C12H17BrO/c1-20(2,3)13-8-9-14-15(12-13)22-19(17-7-5-11-24-17)18(21-14)16-6-4-10-23-16;1-14(2,3)11-12(16)9-7-5-6-8-10(9)15(4)13(11)17;1-13(2,3)10-11(15)8-6-4-5-7-9(8)14-12(10)16;1-5-14-11-7-6-9(8-10(11)13)12(2,3)4/h4-12H,1-3H3;5-8,16H,1-4H3;4-7H,1-3H3,(H2,14,15,16);6-8H,5H2,1-4H3. The van der Waals surface area contributed by atoms with Crippen molar-refractivity contribution in [3.8, 4) is 38.4 Å². The SMILES string of the molecule is CC(C)(C)c1c(O)c2ccccc2[nH]c1=O.CC(C)(C)c1ccc2nc(-c3cccs3)c(-c3cccs3)nc2c1.CCOc1ccc(C(C)(C)C)cc1Br.Cn1c(=O)c(C(C)(C)C)c(O)c2ccccc21. The molecule has 0 unspecified atom stereocenters. The van der Waals surface area contributed by atoms with Crippen molar-refractivity contribution in [1.82, 2.24) is 19.5 Å². The topological polar surface area (TPSA) is 130 Å². The van der Waals surface area contributed by atoms with Crippen molar-refractivity contribution < 1.29 is 14.9 Å². The number of H-pyrrole nitrogens is 1. The molecule has 372 valence electrons. The molecular weight excluding hydrogens is 989 g/mol. The molecule has 0 aliphatic carbocycles. The van der Waals surface area contributed by atoms with Crippen molar-refractivity contribution in [3.63, 3.8) is 0 Å². The van der Waals surface area contributed by atoms with E-state index in [0.29, 0.717) is 28.6 Å². The van der Waals surface area contributed by atoms with Gasteiger partial charge in [-0.05, 0) is 127 Å². The smallest absolute Gasteiger partial charge is 0.258 e. The van der Waals surface area contributed by atoms with Gasteiger partial charge in [-0.15, -0.1) is 22.7 Å². The van der Waals surface area contributed by atoms with E-state index in [4.69, 9.17) is 14.7 Å². The van der Waals surface area contributed by atoms with Crippen LogP contribution in [0.15, 0.2) is 134 Å². The summed E-state index contributed by atoms with van der Waals surface area (Å²) < 4.78 is 8.08. The van der Waals surface area contributed by atoms with Gasteiger partial charge in [-0.1, -0.05) is 132 Å². The molecule has 0 atom stereocenters. The van der Waals surface area contributed by atoms with Crippen LogP contribution in [-0.4, -0.2) is 36.3 Å². The molecule has 0 radical (unpaired) electrons. The van der Waals surface area contributed by atoms with E-state index in [-0.39, 0.29) is 44.3 Å². The Labute approximate surface area is 434 Å². The first-order chi connectivity index (χ1) is 33.2. The Balaban J connectivity index is 0.000000159. The lowest BCUT2D eigenvalue weighted by Gasteiger charge is -2.21. The molecule has 0 amide bonds. The van der Waals surface area contributed by atoms with Gasteiger partial charge in [0.25, 0.3) is 11.1 Å². The Bertz CT molecular complexity index is 3400. The second-order valence-electron chi connectivity index (χ2n) is 21.5. The highest BCUT2D eigenvalue weighted by Crippen LogP contribution is 2.38. The summed E-state index contributed by atoms with van der Waals surface area (Å²) in [5, 5.41) is 26.0. The van der Waals surface area contributed by atoms with Gasteiger partial charge in [0.2, 0.25) is 0 Å². The van der Waals surface area contributed by atoms with E-state index in [1.807, 2.05) is 90.9 Å². The summed E-state index contributed by atoms with van der Waals surface area (Å²) >= 11 is 6.93. The number of halogens is 1. The molecule has 0 fully saturated rings. The summed E-state index contributed by atoms with van der Waals surface area (Å²) in [5.74, 6) is 1.11. The number of nitrogens with one attached hydrogen (secondary N) is 1. The van der Waals surface area contributed by atoms with Crippen LogP contribution in [0.3, 0.4) is 0 Å². The Morgan fingerprint density at radius 3 is 1.63 bits per heavy atom. The fraction of sp³-hybridized carbons (Fsp3) is 0.322. The van der Waals surface area contributed by atoms with Gasteiger partial charge in [0.15, 0.2) is 0 Å². The Morgan fingerprint density at radius 1 is 0.606 bits per heavy atom. The molecule has 9 aromatic rings. The minimum absolute atomic E-state index is 0.0897. The number of fused-ring (bicyclic) bond motifs is 3. The number of aromatic amines is 1. The van der Waals surface area contributed by atoms with Gasteiger partial charge in [0, 0.05) is 17.8 Å². The lowest BCUT2D eigenvalue weighted by molar-refractivity contribution is 0.338. The van der Waals surface area contributed by atoms with E-state index in [2.05, 4.69) is 128 Å². The van der Waals surface area contributed by atoms with Crippen LogP contribution >= 0.6 is 38.6 Å². The van der Waals surface area contributed by atoms with Crippen molar-refractivity contribution in [1.29, 1.82) is 0 Å². The molecule has 5 aromatic heterocycles. The lowest BCUT2D eigenvalue weighted by Crippen LogP contribution is -2.29.